The molecule has 1 aliphatic rings. The molecule has 1 fully saturated rings. The monoisotopic (exact) mass is 498 g/mol. The minimum atomic E-state index is -4.76. The second kappa shape index (κ2) is 11.1. The van der Waals surface area contributed by atoms with Gasteiger partial charge in [-0.1, -0.05) is 26.3 Å². The Labute approximate surface area is 200 Å². The van der Waals surface area contributed by atoms with Gasteiger partial charge < -0.3 is 24.3 Å². The minimum absolute atomic E-state index is 0.205. The first-order valence-corrected chi connectivity index (χ1v) is 11.4. The predicted molar refractivity (Wildman–Crippen MR) is 118 cm³/mol. The molecule has 1 aromatic carbocycles. The number of carboxylic acid groups (broad SMARTS) is 1. The number of hydrogen-bond acceptors (Lipinski definition) is 6. The van der Waals surface area contributed by atoms with Gasteiger partial charge in [0.05, 0.1) is 19.8 Å². The van der Waals surface area contributed by atoms with Gasteiger partial charge in [0.15, 0.2) is 0 Å². The highest BCUT2D eigenvalue weighted by Gasteiger charge is 2.40. The Bertz CT molecular complexity index is 1040. The number of rotatable bonds is 9. The summed E-state index contributed by atoms with van der Waals surface area (Å²) in [4.78, 5) is 28.0. The number of nitrogens with zero attached hydrogens (tertiary/aromatic N) is 1. The van der Waals surface area contributed by atoms with Gasteiger partial charge in [0.1, 0.15) is 17.5 Å². The quantitative estimate of drug-likeness (QED) is 0.517. The van der Waals surface area contributed by atoms with Crippen molar-refractivity contribution in [2.45, 2.75) is 64.5 Å². The Hall–Kier alpha value is -3.08. The second-order valence-corrected chi connectivity index (χ2v) is 8.89. The summed E-state index contributed by atoms with van der Waals surface area (Å²) in [6.07, 6.45) is -3.22. The number of amides is 1. The van der Waals surface area contributed by atoms with Gasteiger partial charge in [-0.05, 0) is 43.4 Å². The van der Waals surface area contributed by atoms with Crippen molar-refractivity contribution in [1.82, 2.24) is 10.3 Å². The van der Waals surface area contributed by atoms with Crippen molar-refractivity contribution in [1.29, 1.82) is 0 Å². The van der Waals surface area contributed by atoms with Crippen LogP contribution in [0.2, 0.25) is 0 Å². The highest BCUT2D eigenvalue weighted by molar-refractivity contribution is 5.85. The number of methoxy groups -OCH3 is 1. The third kappa shape index (κ3) is 6.74. The number of ether oxygens (including phenoxy) is 2. The van der Waals surface area contributed by atoms with E-state index in [0.717, 1.165) is 0 Å². The van der Waals surface area contributed by atoms with E-state index in [9.17, 15) is 27.9 Å². The van der Waals surface area contributed by atoms with Crippen LogP contribution in [-0.4, -0.2) is 41.2 Å². The number of benzene rings is 1. The molecule has 0 bridgehead atoms. The van der Waals surface area contributed by atoms with Crippen molar-refractivity contribution >= 4 is 11.9 Å². The summed E-state index contributed by atoms with van der Waals surface area (Å²) >= 11 is 0. The van der Waals surface area contributed by atoms with Crippen LogP contribution in [-0.2, 0) is 27.1 Å². The zero-order chi connectivity index (χ0) is 25.8. The Kier molecular flexibility index (Phi) is 8.42. The fourth-order valence-corrected chi connectivity index (χ4v) is 4.07. The lowest BCUT2D eigenvalue weighted by Crippen LogP contribution is -2.47. The van der Waals surface area contributed by atoms with Gasteiger partial charge in [0, 0.05) is 11.5 Å². The molecule has 11 heteroatoms. The molecule has 35 heavy (non-hydrogen) atoms. The van der Waals surface area contributed by atoms with Crippen molar-refractivity contribution in [3.8, 4) is 17.2 Å². The minimum Gasteiger partial charge on any atom is -0.497 e. The number of carboxylic acids is 1. The Morgan fingerprint density at radius 2 is 2.03 bits per heavy atom. The van der Waals surface area contributed by atoms with Gasteiger partial charge in [-0.15, -0.1) is 0 Å². The zero-order valence-corrected chi connectivity index (χ0v) is 19.7. The summed E-state index contributed by atoms with van der Waals surface area (Å²) in [7, 11) is 1.44. The molecule has 3 atom stereocenters. The number of carbonyl (C=O) groups is 2. The van der Waals surface area contributed by atoms with Gasteiger partial charge in [-0.3, -0.25) is 4.79 Å². The van der Waals surface area contributed by atoms with E-state index >= 15 is 0 Å². The topological polar surface area (TPSA) is 111 Å². The summed E-state index contributed by atoms with van der Waals surface area (Å²) < 4.78 is 56.7. The first-order valence-electron chi connectivity index (χ1n) is 11.4. The summed E-state index contributed by atoms with van der Waals surface area (Å²) in [5.41, 5.74) is -0.0544. The predicted octanol–water partition coefficient (Wildman–Crippen LogP) is 4.67. The SMILES string of the molecule is COc1cccc(-c2nc(COC3CCCC(C(=O)N[C@H](C(=O)O)C(C)C)C3)c(C(F)(F)F)o2)c1. The Morgan fingerprint density at radius 3 is 2.66 bits per heavy atom. The van der Waals surface area contributed by atoms with Crippen LogP contribution in [0.4, 0.5) is 13.2 Å². The number of aromatic nitrogens is 1. The van der Waals surface area contributed by atoms with E-state index in [1.165, 1.54) is 13.2 Å². The van der Waals surface area contributed by atoms with Gasteiger partial charge in [-0.25, -0.2) is 9.78 Å². The molecule has 1 amide bonds. The van der Waals surface area contributed by atoms with Crippen LogP contribution in [0.5, 0.6) is 5.75 Å². The van der Waals surface area contributed by atoms with Crippen molar-refractivity contribution < 1.29 is 41.8 Å². The van der Waals surface area contributed by atoms with E-state index in [1.807, 2.05) is 0 Å². The molecule has 1 heterocycles. The van der Waals surface area contributed by atoms with Gasteiger partial charge in [0.25, 0.3) is 0 Å². The molecule has 2 N–H and O–H groups in total. The summed E-state index contributed by atoms with van der Waals surface area (Å²) in [6.45, 7) is 2.95. The first-order chi connectivity index (χ1) is 16.5. The molecule has 2 unspecified atom stereocenters. The largest absolute Gasteiger partial charge is 0.497 e. The lowest BCUT2D eigenvalue weighted by molar-refractivity contribution is -0.154. The molecule has 1 saturated carbocycles. The molecule has 0 spiro atoms. The highest BCUT2D eigenvalue weighted by Crippen LogP contribution is 2.37. The molecular formula is C24H29F3N2O6. The zero-order valence-electron chi connectivity index (χ0n) is 19.7. The van der Waals surface area contributed by atoms with Crippen molar-refractivity contribution in [2.24, 2.45) is 11.8 Å². The number of nitrogens with one attached hydrogen (secondary N) is 1. The van der Waals surface area contributed by atoms with Crippen LogP contribution in [0.25, 0.3) is 11.5 Å². The number of hydrogen-bond donors (Lipinski definition) is 2. The fraction of sp³-hybridized carbons (Fsp3) is 0.542. The van der Waals surface area contributed by atoms with Crippen molar-refractivity contribution in [3.63, 3.8) is 0 Å². The Morgan fingerprint density at radius 1 is 1.29 bits per heavy atom. The molecule has 192 valence electrons. The molecule has 1 aromatic heterocycles. The van der Waals surface area contributed by atoms with E-state index in [0.29, 0.717) is 30.6 Å². The summed E-state index contributed by atoms with van der Waals surface area (Å²) in [6, 6.07) is 5.33. The third-order valence-electron chi connectivity index (χ3n) is 5.95. The molecule has 8 nitrogen and oxygen atoms in total. The standard InChI is InChI=1S/C24H29F3N2O6/c1-13(2)19(23(31)32)29-21(30)14-6-4-9-17(10-14)34-12-18-20(24(25,26)27)35-22(28-18)15-7-5-8-16(11-15)33-3/h5,7-8,11,13-14,17,19H,4,6,9-10,12H2,1-3H3,(H,29,30)(H,31,32)/t14?,17?,19-/m0/s1. The maximum absolute atomic E-state index is 13.6. The lowest BCUT2D eigenvalue weighted by Gasteiger charge is -2.29. The van der Waals surface area contributed by atoms with Crippen LogP contribution in [0.15, 0.2) is 28.7 Å². The van der Waals surface area contributed by atoms with Gasteiger partial charge in [-0.2, -0.15) is 13.2 Å². The van der Waals surface area contributed by atoms with Gasteiger partial charge in [0.2, 0.25) is 17.6 Å². The first kappa shape index (κ1) is 26.5. The molecule has 0 saturated heterocycles. The average molecular weight is 498 g/mol. The third-order valence-corrected chi connectivity index (χ3v) is 5.95. The van der Waals surface area contributed by atoms with Crippen LogP contribution >= 0.6 is 0 Å². The molecule has 1 aliphatic carbocycles. The van der Waals surface area contributed by atoms with Crippen molar-refractivity contribution in [3.05, 3.63) is 35.7 Å². The van der Waals surface area contributed by atoms with Gasteiger partial charge >= 0.3 is 12.1 Å². The van der Waals surface area contributed by atoms with E-state index in [1.54, 1.807) is 32.0 Å². The number of alkyl halides is 3. The molecule has 2 aromatic rings. The van der Waals surface area contributed by atoms with E-state index in [4.69, 9.17) is 13.9 Å². The summed E-state index contributed by atoms with van der Waals surface area (Å²) in [5.74, 6) is -3.28. The fourth-order valence-electron chi connectivity index (χ4n) is 4.07. The van der Waals surface area contributed by atoms with Crippen LogP contribution in [0.3, 0.4) is 0 Å². The number of carbonyl (C=O) groups excluding carboxylic acids is 1. The number of aliphatic carboxylic acids is 1. The second-order valence-electron chi connectivity index (χ2n) is 8.89. The summed E-state index contributed by atoms with van der Waals surface area (Å²) in [5, 5.41) is 11.9. The van der Waals surface area contributed by atoms with E-state index in [-0.39, 0.29) is 23.9 Å². The number of oxazole rings is 1. The molecule has 0 aliphatic heterocycles. The van der Waals surface area contributed by atoms with Crippen molar-refractivity contribution in [2.75, 3.05) is 7.11 Å². The average Bonchev–Trinajstić information content (AvgIpc) is 3.26. The lowest BCUT2D eigenvalue weighted by atomic mass is 9.86. The normalized spacial score (nSPS) is 19.4. The van der Waals surface area contributed by atoms with Crippen LogP contribution < -0.4 is 10.1 Å². The van der Waals surface area contributed by atoms with E-state index in [2.05, 4.69) is 10.3 Å². The van der Waals surface area contributed by atoms with Crippen LogP contribution in [0, 0.1) is 11.8 Å². The maximum Gasteiger partial charge on any atom is 0.451 e. The smallest absolute Gasteiger partial charge is 0.451 e. The Balaban J connectivity index is 1.69. The highest BCUT2D eigenvalue weighted by atomic mass is 19.4. The van der Waals surface area contributed by atoms with E-state index < -0.39 is 48.5 Å². The molecule has 0 radical (unpaired) electrons. The molecule has 3 rings (SSSR count). The molecular weight excluding hydrogens is 469 g/mol. The number of halogens is 3. The van der Waals surface area contributed by atoms with Crippen LogP contribution in [0.1, 0.15) is 51.0 Å². The maximum atomic E-state index is 13.6.